The first kappa shape index (κ1) is 19.7. The van der Waals surface area contributed by atoms with Crippen LogP contribution in [0.15, 0.2) is 60.7 Å². The zero-order valence-corrected chi connectivity index (χ0v) is 17.8. The summed E-state index contributed by atoms with van der Waals surface area (Å²) in [6.07, 6.45) is 2.36. The number of anilines is 1. The van der Waals surface area contributed by atoms with E-state index in [4.69, 9.17) is 4.98 Å². The van der Waals surface area contributed by atoms with Gasteiger partial charge in [0.15, 0.2) is 0 Å². The molecule has 0 amide bonds. The Morgan fingerprint density at radius 3 is 2.38 bits per heavy atom. The van der Waals surface area contributed by atoms with Gasteiger partial charge in [0, 0.05) is 16.8 Å². The van der Waals surface area contributed by atoms with E-state index in [1.54, 1.807) is 0 Å². The first-order valence-electron chi connectivity index (χ1n) is 10.9. The molecule has 0 aliphatic heterocycles. The Balaban J connectivity index is 1.73. The second-order valence-corrected chi connectivity index (χ2v) is 7.90. The number of benzene rings is 3. The molecule has 1 N–H and O–H groups in total. The van der Waals surface area contributed by atoms with Gasteiger partial charge in [-0.05, 0) is 62.3 Å². The van der Waals surface area contributed by atoms with E-state index in [9.17, 15) is 0 Å². The minimum atomic E-state index is 0.401. The van der Waals surface area contributed by atoms with Gasteiger partial charge < -0.3 is 10.2 Å². The van der Waals surface area contributed by atoms with Crippen molar-refractivity contribution in [3.63, 3.8) is 0 Å². The van der Waals surface area contributed by atoms with Crippen molar-refractivity contribution < 1.29 is 0 Å². The van der Waals surface area contributed by atoms with Crippen LogP contribution >= 0.6 is 0 Å². The van der Waals surface area contributed by atoms with Gasteiger partial charge in [-0.25, -0.2) is 4.98 Å². The van der Waals surface area contributed by atoms with E-state index in [-0.39, 0.29) is 0 Å². The van der Waals surface area contributed by atoms with Gasteiger partial charge in [0.05, 0.1) is 16.7 Å². The lowest BCUT2D eigenvalue weighted by atomic mass is 10.00. The zero-order valence-electron chi connectivity index (χ0n) is 17.8. The van der Waals surface area contributed by atoms with Crippen molar-refractivity contribution in [2.45, 2.75) is 39.7 Å². The maximum absolute atomic E-state index is 4.96. The van der Waals surface area contributed by atoms with Crippen LogP contribution in [0.3, 0.4) is 0 Å². The molecule has 3 nitrogen and oxygen atoms in total. The molecular formula is C26H31N3. The quantitative estimate of drug-likeness (QED) is 0.278. The van der Waals surface area contributed by atoms with Crippen LogP contribution in [0, 0.1) is 0 Å². The molecule has 1 aromatic heterocycles. The van der Waals surface area contributed by atoms with Crippen molar-refractivity contribution in [3.8, 4) is 0 Å². The molecule has 3 aromatic carbocycles. The first-order chi connectivity index (χ1) is 14.2. The fraction of sp³-hybridized carbons (Fsp3) is 0.346. The Labute approximate surface area is 173 Å². The molecule has 3 heteroatoms. The number of aromatic nitrogens is 1. The molecule has 1 atom stereocenters. The summed E-state index contributed by atoms with van der Waals surface area (Å²) < 4.78 is 0. The van der Waals surface area contributed by atoms with Gasteiger partial charge in [-0.3, -0.25) is 0 Å². The summed E-state index contributed by atoms with van der Waals surface area (Å²) in [4.78, 5) is 7.45. The second kappa shape index (κ2) is 8.79. The minimum absolute atomic E-state index is 0.401. The number of nitrogens with zero attached hydrogens (tertiary/aromatic N) is 2. The van der Waals surface area contributed by atoms with Gasteiger partial charge in [-0.2, -0.15) is 0 Å². The Kier molecular flexibility index (Phi) is 5.96. The smallest absolute Gasteiger partial charge is 0.0737 e. The molecule has 0 saturated heterocycles. The molecule has 0 aliphatic carbocycles. The van der Waals surface area contributed by atoms with Gasteiger partial charge in [0.2, 0.25) is 0 Å². The van der Waals surface area contributed by atoms with Gasteiger partial charge in [0.1, 0.15) is 0 Å². The van der Waals surface area contributed by atoms with Crippen LogP contribution in [-0.2, 0) is 0 Å². The highest BCUT2D eigenvalue weighted by molar-refractivity contribution is 6.18. The summed E-state index contributed by atoms with van der Waals surface area (Å²) in [5.74, 6) is 0. The molecule has 29 heavy (non-hydrogen) atoms. The summed E-state index contributed by atoms with van der Waals surface area (Å²) in [6.45, 7) is 10.2. The molecule has 0 bridgehead atoms. The predicted octanol–water partition coefficient (Wildman–Crippen LogP) is 6.46. The molecule has 0 aliphatic rings. The topological polar surface area (TPSA) is 28.2 Å². The van der Waals surface area contributed by atoms with Crippen molar-refractivity contribution in [1.29, 1.82) is 0 Å². The molecule has 0 radical (unpaired) electrons. The van der Waals surface area contributed by atoms with Gasteiger partial charge >= 0.3 is 0 Å². The zero-order chi connectivity index (χ0) is 20.2. The summed E-state index contributed by atoms with van der Waals surface area (Å²) >= 11 is 0. The van der Waals surface area contributed by atoms with Crippen LogP contribution in [0.4, 0.5) is 5.69 Å². The summed E-state index contributed by atoms with van der Waals surface area (Å²) in [5.41, 5.74) is 3.33. The lowest BCUT2D eigenvalue weighted by molar-refractivity contribution is 0.295. The SMILES string of the molecule is CCN(CC)CCCC(C)Nc1c2ccccc2nc2ccc3ccccc3c12. The fourth-order valence-electron chi connectivity index (χ4n) is 4.29. The predicted molar refractivity (Wildman–Crippen MR) is 127 cm³/mol. The minimum Gasteiger partial charge on any atom is -0.381 e. The monoisotopic (exact) mass is 385 g/mol. The summed E-state index contributed by atoms with van der Waals surface area (Å²) in [6, 6.07) is 21.8. The lowest BCUT2D eigenvalue weighted by Gasteiger charge is -2.22. The van der Waals surface area contributed by atoms with Gasteiger partial charge in [-0.1, -0.05) is 62.4 Å². The van der Waals surface area contributed by atoms with Crippen LogP contribution in [0.5, 0.6) is 0 Å². The van der Waals surface area contributed by atoms with Crippen LogP contribution in [-0.4, -0.2) is 35.6 Å². The Morgan fingerprint density at radius 1 is 0.862 bits per heavy atom. The second-order valence-electron chi connectivity index (χ2n) is 7.90. The Hall–Kier alpha value is -2.65. The fourth-order valence-corrected chi connectivity index (χ4v) is 4.29. The standard InChI is InChI=1S/C26H31N3/c1-4-29(5-2)18-10-11-19(3)27-26-22-14-8-9-15-23(22)28-24-17-16-20-12-6-7-13-21(20)25(24)26/h6-9,12-17,19H,4-5,10-11,18H2,1-3H3,(H,27,28). The molecule has 150 valence electrons. The number of hydrogen-bond donors (Lipinski definition) is 1. The van der Waals surface area contributed by atoms with E-state index in [0.29, 0.717) is 6.04 Å². The molecule has 0 saturated carbocycles. The molecular weight excluding hydrogens is 354 g/mol. The van der Waals surface area contributed by atoms with Crippen molar-refractivity contribution in [1.82, 2.24) is 9.88 Å². The summed E-state index contributed by atoms with van der Waals surface area (Å²) in [7, 11) is 0. The third kappa shape index (κ3) is 4.06. The van der Waals surface area contributed by atoms with Gasteiger partial charge in [-0.15, -0.1) is 0 Å². The van der Waals surface area contributed by atoms with E-state index in [1.165, 1.54) is 40.2 Å². The maximum atomic E-state index is 4.96. The Morgan fingerprint density at radius 2 is 1.59 bits per heavy atom. The van der Waals surface area contributed by atoms with E-state index >= 15 is 0 Å². The molecule has 4 aromatic rings. The van der Waals surface area contributed by atoms with E-state index < -0.39 is 0 Å². The lowest BCUT2D eigenvalue weighted by Crippen LogP contribution is -2.25. The van der Waals surface area contributed by atoms with Gasteiger partial charge in [0.25, 0.3) is 0 Å². The van der Waals surface area contributed by atoms with E-state index in [2.05, 4.69) is 91.7 Å². The van der Waals surface area contributed by atoms with Crippen LogP contribution in [0.25, 0.3) is 32.6 Å². The average Bonchev–Trinajstić information content (AvgIpc) is 2.76. The molecule has 4 rings (SSSR count). The van der Waals surface area contributed by atoms with Crippen molar-refractivity contribution in [2.75, 3.05) is 25.0 Å². The highest BCUT2D eigenvalue weighted by Crippen LogP contribution is 2.36. The van der Waals surface area contributed by atoms with Crippen LogP contribution in [0.2, 0.25) is 0 Å². The number of nitrogens with one attached hydrogen (secondary N) is 1. The molecule has 1 heterocycles. The number of hydrogen-bond acceptors (Lipinski definition) is 3. The molecule has 0 fully saturated rings. The molecule has 0 spiro atoms. The highest BCUT2D eigenvalue weighted by Gasteiger charge is 2.14. The van der Waals surface area contributed by atoms with Crippen LogP contribution < -0.4 is 5.32 Å². The molecule has 1 unspecified atom stereocenters. The van der Waals surface area contributed by atoms with Crippen molar-refractivity contribution >= 4 is 38.3 Å². The normalized spacial score (nSPS) is 12.8. The maximum Gasteiger partial charge on any atom is 0.0737 e. The highest BCUT2D eigenvalue weighted by atomic mass is 15.1. The number of para-hydroxylation sites is 1. The average molecular weight is 386 g/mol. The van der Waals surface area contributed by atoms with E-state index in [1.807, 2.05) is 0 Å². The van der Waals surface area contributed by atoms with Crippen molar-refractivity contribution in [2.24, 2.45) is 0 Å². The van der Waals surface area contributed by atoms with Crippen LogP contribution in [0.1, 0.15) is 33.6 Å². The third-order valence-corrected chi connectivity index (χ3v) is 5.97. The summed E-state index contributed by atoms with van der Waals surface area (Å²) in [5, 5.41) is 8.83. The number of rotatable bonds is 8. The Bertz CT molecular complexity index is 1110. The first-order valence-corrected chi connectivity index (χ1v) is 10.9. The largest absolute Gasteiger partial charge is 0.381 e. The van der Waals surface area contributed by atoms with E-state index in [0.717, 1.165) is 30.5 Å². The number of fused-ring (bicyclic) bond motifs is 4. The third-order valence-electron chi connectivity index (χ3n) is 5.97. The van der Waals surface area contributed by atoms with Crippen molar-refractivity contribution in [3.05, 3.63) is 60.7 Å². The number of pyridine rings is 1.